The quantitative estimate of drug-likeness (QED) is 0.638. The molecule has 0 saturated carbocycles. The lowest BCUT2D eigenvalue weighted by Gasteiger charge is -2.59. The van der Waals surface area contributed by atoms with E-state index < -0.39 is 8.56 Å². The van der Waals surface area contributed by atoms with Gasteiger partial charge in [0.1, 0.15) is 5.22 Å². The van der Waals surface area contributed by atoms with E-state index in [1.165, 1.54) is 0 Å². The molecule has 0 N–H and O–H groups in total. The molecule has 4 nitrogen and oxygen atoms in total. The Morgan fingerprint density at radius 3 is 1.83 bits per heavy atom. The van der Waals surface area contributed by atoms with Gasteiger partial charge >= 0.3 is 8.56 Å². The van der Waals surface area contributed by atoms with E-state index in [4.69, 9.17) is 18.3 Å². The molecule has 108 valence electrons. The highest BCUT2D eigenvalue weighted by molar-refractivity contribution is 6.70. The van der Waals surface area contributed by atoms with Crippen LogP contribution in [-0.4, -0.2) is 48.3 Å². The maximum absolute atomic E-state index is 6.06. The minimum atomic E-state index is -2.43. The van der Waals surface area contributed by atoms with Crippen LogP contribution in [0.2, 0.25) is 6.04 Å². The standard InChI is InChI=1S/C13H28O4Si/c1-7-12(10-17-11-12)13(8-2,14-4)18(9-3,15-5)16-6/h7-11H2,1-6H3. The van der Waals surface area contributed by atoms with Crippen molar-refractivity contribution in [2.24, 2.45) is 5.41 Å². The molecule has 18 heavy (non-hydrogen) atoms. The molecule has 5 heteroatoms. The second-order valence-electron chi connectivity index (χ2n) is 5.03. The average Bonchev–Trinajstić information content (AvgIpc) is 2.38. The van der Waals surface area contributed by atoms with E-state index in [0.717, 1.165) is 32.1 Å². The zero-order valence-electron chi connectivity index (χ0n) is 12.7. The molecule has 0 aromatic heterocycles. The van der Waals surface area contributed by atoms with Gasteiger partial charge in [0.25, 0.3) is 0 Å². The summed E-state index contributed by atoms with van der Waals surface area (Å²) in [5.74, 6) is 0. The van der Waals surface area contributed by atoms with Crippen molar-refractivity contribution in [3.05, 3.63) is 0 Å². The summed E-state index contributed by atoms with van der Waals surface area (Å²) in [6.45, 7) is 7.98. The normalized spacial score (nSPS) is 22.3. The van der Waals surface area contributed by atoms with Gasteiger partial charge in [0.15, 0.2) is 0 Å². The molecule has 1 atom stereocenters. The third-order valence-electron chi connectivity index (χ3n) is 4.88. The number of methoxy groups -OCH3 is 1. The van der Waals surface area contributed by atoms with Crippen LogP contribution < -0.4 is 0 Å². The number of hydrogen-bond donors (Lipinski definition) is 0. The van der Waals surface area contributed by atoms with Gasteiger partial charge in [-0.25, -0.2) is 0 Å². The molecule has 0 aromatic rings. The summed E-state index contributed by atoms with van der Waals surface area (Å²) in [4.78, 5) is 0. The van der Waals surface area contributed by atoms with Crippen LogP contribution in [0.3, 0.4) is 0 Å². The molecule has 1 aliphatic heterocycles. The Kier molecular flexibility index (Phi) is 5.38. The molecule has 1 saturated heterocycles. The van der Waals surface area contributed by atoms with Crippen molar-refractivity contribution >= 4 is 8.56 Å². The SMILES string of the molecule is CCC1(C(CC)(OC)[Si](CC)(OC)OC)COC1. The number of hydrogen-bond acceptors (Lipinski definition) is 4. The lowest BCUT2D eigenvalue weighted by molar-refractivity contribution is -0.216. The lowest BCUT2D eigenvalue weighted by atomic mass is 9.75. The van der Waals surface area contributed by atoms with Crippen molar-refractivity contribution < 1.29 is 18.3 Å². The molecule has 0 spiro atoms. The second-order valence-corrected chi connectivity index (χ2v) is 8.86. The Balaban J connectivity index is 3.28. The summed E-state index contributed by atoms with van der Waals surface area (Å²) in [6.07, 6.45) is 1.92. The van der Waals surface area contributed by atoms with Crippen LogP contribution in [0.15, 0.2) is 0 Å². The predicted octanol–water partition coefficient (Wildman–Crippen LogP) is 2.50. The molecule has 1 unspecified atom stereocenters. The van der Waals surface area contributed by atoms with Crippen molar-refractivity contribution in [1.29, 1.82) is 0 Å². The van der Waals surface area contributed by atoms with Gasteiger partial charge < -0.3 is 18.3 Å². The van der Waals surface area contributed by atoms with Gasteiger partial charge in [-0.2, -0.15) is 0 Å². The zero-order valence-corrected chi connectivity index (χ0v) is 13.7. The van der Waals surface area contributed by atoms with Gasteiger partial charge in [0, 0.05) is 26.7 Å². The van der Waals surface area contributed by atoms with Crippen LogP contribution in [0.5, 0.6) is 0 Å². The fraction of sp³-hybridized carbons (Fsp3) is 1.00. The third-order valence-corrected chi connectivity index (χ3v) is 9.45. The molecule has 1 heterocycles. The largest absolute Gasteiger partial charge is 0.396 e. The van der Waals surface area contributed by atoms with E-state index in [-0.39, 0.29) is 10.6 Å². The Morgan fingerprint density at radius 2 is 1.67 bits per heavy atom. The first-order chi connectivity index (χ1) is 8.57. The van der Waals surface area contributed by atoms with E-state index in [9.17, 15) is 0 Å². The smallest absolute Gasteiger partial charge is 0.371 e. The van der Waals surface area contributed by atoms with E-state index in [0.29, 0.717) is 0 Å². The summed E-state index contributed by atoms with van der Waals surface area (Å²) in [5.41, 5.74) is 0.0325. The van der Waals surface area contributed by atoms with Gasteiger partial charge in [0.2, 0.25) is 0 Å². The molecule has 1 rings (SSSR count). The molecule has 0 bridgehead atoms. The van der Waals surface area contributed by atoms with E-state index in [1.54, 1.807) is 21.3 Å². The Labute approximate surface area is 112 Å². The third kappa shape index (κ3) is 1.88. The van der Waals surface area contributed by atoms with Crippen LogP contribution in [0.25, 0.3) is 0 Å². The van der Waals surface area contributed by atoms with Gasteiger partial charge in [-0.1, -0.05) is 20.8 Å². The van der Waals surface area contributed by atoms with Gasteiger partial charge in [0.05, 0.1) is 13.2 Å². The van der Waals surface area contributed by atoms with Crippen LogP contribution in [0.1, 0.15) is 33.6 Å². The first-order valence-corrected chi connectivity index (χ1v) is 8.83. The van der Waals surface area contributed by atoms with Crippen molar-refractivity contribution in [2.45, 2.75) is 44.9 Å². The minimum absolute atomic E-state index is 0.0325. The lowest BCUT2D eigenvalue weighted by Crippen LogP contribution is -2.74. The van der Waals surface area contributed by atoms with E-state index >= 15 is 0 Å². The summed E-state index contributed by atoms with van der Waals surface area (Å²) >= 11 is 0. The van der Waals surface area contributed by atoms with Crippen molar-refractivity contribution in [1.82, 2.24) is 0 Å². The van der Waals surface area contributed by atoms with Crippen molar-refractivity contribution in [2.75, 3.05) is 34.5 Å². The maximum Gasteiger partial charge on any atom is 0.371 e. The highest BCUT2D eigenvalue weighted by Crippen LogP contribution is 2.51. The summed E-state index contributed by atoms with van der Waals surface area (Å²) in [6, 6.07) is 0.878. The molecular weight excluding hydrogens is 248 g/mol. The van der Waals surface area contributed by atoms with Crippen LogP contribution in [-0.2, 0) is 18.3 Å². The molecule has 0 aromatic carbocycles. The first-order valence-electron chi connectivity index (χ1n) is 6.80. The van der Waals surface area contributed by atoms with Crippen LogP contribution in [0, 0.1) is 5.41 Å². The maximum atomic E-state index is 6.06. The Morgan fingerprint density at radius 1 is 1.11 bits per heavy atom. The van der Waals surface area contributed by atoms with Crippen LogP contribution in [0.4, 0.5) is 0 Å². The van der Waals surface area contributed by atoms with E-state index in [2.05, 4.69) is 20.8 Å². The summed E-state index contributed by atoms with van der Waals surface area (Å²) in [5, 5.41) is -0.342. The highest BCUT2D eigenvalue weighted by atomic mass is 28.4. The topological polar surface area (TPSA) is 36.9 Å². The molecule has 0 aliphatic carbocycles. The number of rotatable bonds is 8. The average molecular weight is 276 g/mol. The van der Waals surface area contributed by atoms with Crippen molar-refractivity contribution in [3.8, 4) is 0 Å². The predicted molar refractivity (Wildman–Crippen MR) is 73.8 cm³/mol. The molecule has 1 fully saturated rings. The van der Waals surface area contributed by atoms with Gasteiger partial charge in [-0.15, -0.1) is 0 Å². The minimum Gasteiger partial charge on any atom is -0.396 e. The van der Waals surface area contributed by atoms with E-state index in [1.807, 2.05) is 0 Å². The first kappa shape index (κ1) is 16.1. The highest BCUT2D eigenvalue weighted by Gasteiger charge is 2.68. The zero-order chi connectivity index (χ0) is 13.9. The molecule has 1 aliphatic rings. The van der Waals surface area contributed by atoms with Gasteiger partial charge in [-0.05, 0) is 18.9 Å². The molecule has 0 radical (unpaired) electrons. The summed E-state index contributed by atoms with van der Waals surface area (Å²) in [7, 11) is 2.87. The monoisotopic (exact) mass is 276 g/mol. The number of ether oxygens (including phenoxy) is 2. The fourth-order valence-electron chi connectivity index (χ4n) is 3.62. The Hall–Kier alpha value is 0.0569. The van der Waals surface area contributed by atoms with Crippen LogP contribution >= 0.6 is 0 Å². The van der Waals surface area contributed by atoms with Crippen molar-refractivity contribution in [3.63, 3.8) is 0 Å². The molecular formula is C13H28O4Si. The Bertz CT molecular complexity index is 244. The summed E-state index contributed by atoms with van der Waals surface area (Å²) < 4.78 is 23.4. The van der Waals surface area contributed by atoms with Gasteiger partial charge in [-0.3, -0.25) is 0 Å². The molecule has 0 amide bonds. The second kappa shape index (κ2) is 6.01. The fourth-order valence-corrected chi connectivity index (χ4v) is 7.58.